The number of aromatic nitrogens is 2. The van der Waals surface area contributed by atoms with E-state index in [1.165, 1.54) is 16.8 Å². The van der Waals surface area contributed by atoms with Gasteiger partial charge in [-0.3, -0.25) is 4.90 Å². The summed E-state index contributed by atoms with van der Waals surface area (Å²) in [6.45, 7) is 5.04. The van der Waals surface area contributed by atoms with Crippen LogP contribution in [0.1, 0.15) is 30.9 Å². The molecule has 1 amide bonds. The summed E-state index contributed by atoms with van der Waals surface area (Å²) in [6, 6.07) is 5.32. The molecular formula is C22H28F3N5O2. The van der Waals surface area contributed by atoms with Crippen LogP contribution in [0.5, 0.6) is 0 Å². The molecule has 1 unspecified atom stereocenters. The number of rotatable bonds is 4. The SMILES string of the molecule is CC(O)N(C)c1cnn(C(=O)N2CC3(CCN(Cc4cccc(C(F)(F)F)c4)CC3)C2)c1. The Morgan fingerprint density at radius 3 is 2.59 bits per heavy atom. The first-order valence-corrected chi connectivity index (χ1v) is 10.7. The number of piperidine rings is 1. The van der Waals surface area contributed by atoms with Crippen LogP contribution in [-0.4, -0.2) is 70.2 Å². The molecule has 4 rings (SSSR count). The molecule has 174 valence electrons. The molecule has 2 saturated heterocycles. The molecule has 10 heteroatoms. The third kappa shape index (κ3) is 4.61. The Morgan fingerprint density at radius 1 is 1.28 bits per heavy atom. The molecule has 0 bridgehead atoms. The molecule has 0 aliphatic carbocycles. The van der Waals surface area contributed by atoms with Crippen LogP contribution in [0, 0.1) is 5.41 Å². The number of nitrogens with zero attached hydrogens (tertiary/aromatic N) is 5. The minimum absolute atomic E-state index is 0.0758. The van der Waals surface area contributed by atoms with Gasteiger partial charge in [0.05, 0.1) is 23.6 Å². The van der Waals surface area contributed by atoms with Crippen LogP contribution in [0.15, 0.2) is 36.7 Å². The smallest absolute Gasteiger partial charge is 0.374 e. The highest BCUT2D eigenvalue weighted by atomic mass is 19.4. The van der Waals surface area contributed by atoms with Gasteiger partial charge in [-0.05, 0) is 44.5 Å². The second-order valence-corrected chi connectivity index (χ2v) is 9.00. The van der Waals surface area contributed by atoms with E-state index in [2.05, 4.69) is 10.00 Å². The number of amides is 1. The summed E-state index contributed by atoms with van der Waals surface area (Å²) < 4.78 is 40.1. The van der Waals surface area contributed by atoms with Gasteiger partial charge in [0, 0.05) is 32.1 Å². The number of carbonyl (C=O) groups excluding carboxylic acids is 1. The van der Waals surface area contributed by atoms with Gasteiger partial charge in [-0.25, -0.2) is 4.79 Å². The van der Waals surface area contributed by atoms with Gasteiger partial charge < -0.3 is 14.9 Å². The number of carbonyl (C=O) groups is 1. The number of benzene rings is 1. The maximum atomic E-state index is 12.9. The Bertz CT molecular complexity index is 958. The molecule has 1 N–H and O–H groups in total. The third-order valence-corrected chi connectivity index (χ3v) is 6.63. The van der Waals surface area contributed by atoms with Gasteiger partial charge >= 0.3 is 12.2 Å². The molecule has 2 aromatic rings. The molecular weight excluding hydrogens is 423 g/mol. The van der Waals surface area contributed by atoms with Crippen LogP contribution in [0.3, 0.4) is 0 Å². The van der Waals surface area contributed by atoms with Crippen LogP contribution >= 0.6 is 0 Å². The number of anilines is 1. The molecule has 7 nitrogen and oxygen atoms in total. The number of hydrogen-bond donors (Lipinski definition) is 1. The molecule has 1 aromatic carbocycles. The van der Waals surface area contributed by atoms with Crippen molar-refractivity contribution in [3.63, 3.8) is 0 Å². The van der Waals surface area contributed by atoms with Crippen LogP contribution in [0.25, 0.3) is 0 Å². The van der Waals surface area contributed by atoms with Crippen molar-refractivity contribution in [3.8, 4) is 0 Å². The number of aliphatic hydroxyl groups is 1. The van der Waals surface area contributed by atoms with Crippen LogP contribution < -0.4 is 4.90 Å². The second-order valence-electron chi connectivity index (χ2n) is 9.00. The summed E-state index contributed by atoms with van der Waals surface area (Å²) in [5, 5.41) is 13.8. The fourth-order valence-corrected chi connectivity index (χ4v) is 4.47. The highest BCUT2D eigenvalue weighted by Crippen LogP contribution is 2.41. The van der Waals surface area contributed by atoms with Crippen molar-refractivity contribution in [2.75, 3.05) is 38.1 Å². The summed E-state index contributed by atoms with van der Waals surface area (Å²) >= 11 is 0. The second kappa shape index (κ2) is 8.40. The van der Waals surface area contributed by atoms with E-state index < -0.39 is 18.0 Å². The summed E-state index contributed by atoms with van der Waals surface area (Å²) in [6.07, 6.45) is -0.0404. The molecule has 2 aliphatic heterocycles. The Morgan fingerprint density at radius 2 is 1.97 bits per heavy atom. The van der Waals surface area contributed by atoms with Crippen molar-refractivity contribution in [2.45, 2.75) is 38.7 Å². The molecule has 1 aromatic heterocycles. The standard InChI is InChI=1S/C22H28F3N5O2/c1-16(31)27(2)19-11-26-30(13-19)20(32)29-14-21(15-29)6-8-28(9-7-21)12-17-4-3-5-18(10-17)22(23,24)25/h3-5,10-11,13,16,31H,6-9,12,14-15H2,1-2H3. The van der Waals surface area contributed by atoms with Crippen molar-refractivity contribution < 1.29 is 23.1 Å². The Hall–Kier alpha value is -2.59. The molecule has 32 heavy (non-hydrogen) atoms. The summed E-state index contributed by atoms with van der Waals surface area (Å²) in [7, 11) is 1.72. The van der Waals surface area contributed by atoms with Crippen molar-refractivity contribution >= 4 is 11.7 Å². The number of likely N-dealkylation sites (tertiary alicyclic amines) is 2. The molecule has 0 saturated carbocycles. The number of alkyl halides is 3. The average molecular weight is 451 g/mol. The molecule has 3 heterocycles. The Balaban J connectivity index is 1.28. The van der Waals surface area contributed by atoms with E-state index in [4.69, 9.17) is 0 Å². The van der Waals surface area contributed by atoms with Gasteiger partial charge in [-0.2, -0.15) is 23.0 Å². The highest BCUT2D eigenvalue weighted by molar-refractivity contribution is 5.78. The lowest BCUT2D eigenvalue weighted by Gasteiger charge is -2.53. The Kier molecular flexibility index (Phi) is 5.93. The third-order valence-electron chi connectivity index (χ3n) is 6.63. The van der Waals surface area contributed by atoms with Gasteiger partial charge in [0.1, 0.15) is 6.23 Å². The van der Waals surface area contributed by atoms with Gasteiger partial charge in [0.25, 0.3) is 0 Å². The predicted molar refractivity (Wildman–Crippen MR) is 113 cm³/mol. The summed E-state index contributed by atoms with van der Waals surface area (Å²) in [5.41, 5.74) is 0.786. The molecule has 0 radical (unpaired) electrons. The highest BCUT2D eigenvalue weighted by Gasteiger charge is 2.47. The maximum Gasteiger partial charge on any atom is 0.416 e. The lowest BCUT2D eigenvalue weighted by molar-refractivity contribution is -0.137. The lowest BCUT2D eigenvalue weighted by atomic mass is 9.72. The lowest BCUT2D eigenvalue weighted by Crippen LogP contribution is -2.62. The maximum absolute atomic E-state index is 12.9. The fraction of sp³-hybridized carbons (Fsp3) is 0.545. The number of hydrogen-bond acceptors (Lipinski definition) is 5. The van der Waals surface area contributed by atoms with Crippen LogP contribution in [0.2, 0.25) is 0 Å². The van der Waals surface area contributed by atoms with E-state index in [0.717, 1.165) is 32.0 Å². The first kappa shape index (κ1) is 22.6. The monoisotopic (exact) mass is 451 g/mol. The summed E-state index contributed by atoms with van der Waals surface area (Å²) in [4.78, 5) is 18.3. The van der Waals surface area contributed by atoms with Gasteiger partial charge in [0.2, 0.25) is 0 Å². The number of halogens is 3. The van der Waals surface area contributed by atoms with Crippen LogP contribution in [-0.2, 0) is 12.7 Å². The van der Waals surface area contributed by atoms with Crippen molar-refractivity contribution in [1.82, 2.24) is 19.6 Å². The quantitative estimate of drug-likeness (QED) is 0.723. The Labute approximate surface area is 185 Å². The van der Waals surface area contributed by atoms with Gasteiger partial charge in [0.15, 0.2) is 0 Å². The van der Waals surface area contributed by atoms with Crippen LogP contribution in [0.4, 0.5) is 23.7 Å². The van der Waals surface area contributed by atoms with Crippen molar-refractivity contribution in [2.24, 2.45) is 5.41 Å². The number of aliphatic hydroxyl groups excluding tert-OH is 1. The van der Waals surface area contributed by atoms with E-state index in [-0.39, 0.29) is 11.4 Å². The minimum Gasteiger partial charge on any atom is -0.374 e. The normalized spacial score (nSPS) is 19.6. The van der Waals surface area contributed by atoms with E-state index >= 15 is 0 Å². The van der Waals surface area contributed by atoms with E-state index in [1.807, 2.05) is 0 Å². The average Bonchev–Trinajstić information content (AvgIpc) is 3.21. The van der Waals surface area contributed by atoms with Crippen molar-refractivity contribution in [3.05, 3.63) is 47.8 Å². The topological polar surface area (TPSA) is 64.8 Å². The van der Waals surface area contributed by atoms with Crippen molar-refractivity contribution in [1.29, 1.82) is 0 Å². The first-order valence-electron chi connectivity index (χ1n) is 10.7. The predicted octanol–water partition coefficient (Wildman–Crippen LogP) is 3.24. The van der Waals surface area contributed by atoms with E-state index in [1.54, 1.807) is 42.2 Å². The fourth-order valence-electron chi connectivity index (χ4n) is 4.47. The molecule has 2 aliphatic rings. The van der Waals surface area contributed by atoms with E-state index in [0.29, 0.717) is 30.9 Å². The zero-order valence-corrected chi connectivity index (χ0v) is 18.2. The molecule has 2 fully saturated rings. The zero-order chi connectivity index (χ0) is 23.1. The van der Waals surface area contributed by atoms with E-state index in [9.17, 15) is 23.1 Å². The van der Waals surface area contributed by atoms with Gasteiger partial charge in [-0.15, -0.1) is 0 Å². The zero-order valence-electron chi connectivity index (χ0n) is 18.2. The molecule has 1 spiro atoms. The first-order chi connectivity index (χ1) is 15.1. The van der Waals surface area contributed by atoms with Gasteiger partial charge in [-0.1, -0.05) is 18.2 Å². The molecule has 1 atom stereocenters. The summed E-state index contributed by atoms with van der Waals surface area (Å²) in [5.74, 6) is 0. The minimum atomic E-state index is -4.33. The largest absolute Gasteiger partial charge is 0.416 e.